The maximum atomic E-state index is 11.4. The number of aryl methyl sites for hydroxylation is 2. The van der Waals surface area contributed by atoms with Gasteiger partial charge >= 0.3 is 10.2 Å². The van der Waals surface area contributed by atoms with Gasteiger partial charge in [0.1, 0.15) is 0 Å². The first-order valence-electron chi connectivity index (χ1n) is 5.18. The Morgan fingerprint density at radius 2 is 1.65 bits per heavy atom. The van der Waals surface area contributed by atoms with E-state index in [2.05, 4.69) is 0 Å². The average Bonchev–Trinajstić information content (AvgIpc) is 2.61. The molecule has 0 saturated carbocycles. The molecule has 0 radical (unpaired) electrons. The zero-order valence-corrected chi connectivity index (χ0v) is 10.5. The van der Waals surface area contributed by atoms with Gasteiger partial charge in [-0.05, 0) is 31.0 Å². The monoisotopic (exact) mass is 250 g/mol. The standard InChI is InChI=1S/C12H14N2O2S/c1-9-3-5-11(6-4-9)12-10(2)7-8-14(12)17(13,15)16/h3-8H,1-2H3,(H2,13,15,16). The van der Waals surface area contributed by atoms with E-state index in [1.807, 2.05) is 38.1 Å². The predicted molar refractivity (Wildman–Crippen MR) is 67.8 cm³/mol. The van der Waals surface area contributed by atoms with Crippen molar-refractivity contribution >= 4 is 10.2 Å². The molecule has 2 aromatic rings. The van der Waals surface area contributed by atoms with Crippen LogP contribution in [0.1, 0.15) is 11.1 Å². The average molecular weight is 250 g/mol. The second kappa shape index (κ2) is 4.01. The Bertz CT molecular complexity index is 640. The minimum atomic E-state index is -3.75. The van der Waals surface area contributed by atoms with E-state index < -0.39 is 10.2 Å². The van der Waals surface area contributed by atoms with Crippen LogP contribution in [0.3, 0.4) is 0 Å². The lowest BCUT2D eigenvalue weighted by Gasteiger charge is -2.08. The summed E-state index contributed by atoms with van der Waals surface area (Å²) in [5, 5.41) is 5.17. The first kappa shape index (κ1) is 11.9. The van der Waals surface area contributed by atoms with Gasteiger partial charge in [-0.25, -0.2) is 9.11 Å². The first-order valence-corrected chi connectivity index (χ1v) is 6.68. The van der Waals surface area contributed by atoms with Crippen LogP contribution in [0.4, 0.5) is 0 Å². The van der Waals surface area contributed by atoms with Gasteiger partial charge in [-0.2, -0.15) is 8.42 Å². The minimum absolute atomic E-state index is 0.618. The van der Waals surface area contributed by atoms with Crippen LogP contribution in [0.25, 0.3) is 11.3 Å². The molecule has 1 aromatic heterocycles. The molecule has 0 saturated heterocycles. The van der Waals surface area contributed by atoms with Gasteiger partial charge in [0.2, 0.25) is 0 Å². The number of aromatic nitrogens is 1. The summed E-state index contributed by atoms with van der Waals surface area (Å²) in [5.74, 6) is 0. The molecule has 0 fully saturated rings. The third kappa shape index (κ3) is 2.25. The quantitative estimate of drug-likeness (QED) is 0.883. The second-order valence-corrected chi connectivity index (χ2v) is 5.48. The van der Waals surface area contributed by atoms with E-state index in [-0.39, 0.29) is 0 Å². The molecule has 1 aromatic carbocycles. The molecule has 0 amide bonds. The summed E-state index contributed by atoms with van der Waals surface area (Å²) in [4.78, 5) is 0. The topological polar surface area (TPSA) is 65.1 Å². The number of nitrogens with zero attached hydrogens (tertiary/aromatic N) is 1. The molecule has 90 valence electrons. The molecule has 5 heteroatoms. The minimum Gasteiger partial charge on any atom is -0.233 e. The summed E-state index contributed by atoms with van der Waals surface area (Å²) in [5.41, 5.74) is 3.46. The third-order valence-corrected chi connectivity index (χ3v) is 3.51. The Kier molecular flexibility index (Phi) is 2.81. The fraction of sp³-hybridized carbons (Fsp3) is 0.167. The molecule has 0 atom stereocenters. The summed E-state index contributed by atoms with van der Waals surface area (Å²) in [6, 6.07) is 9.39. The lowest BCUT2D eigenvalue weighted by molar-refractivity contribution is 0.590. The number of hydrogen-bond donors (Lipinski definition) is 1. The molecular weight excluding hydrogens is 236 g/mol. The van der Waals surface area contributed by atoms with Gasteiger partial charge in [0.15, 0.2) is 0 Å². The molecule has 0 aliphatic rings. The van der Waals surface area contributed by atoms with Crippen molar-refractivity contribution in [1.82, 2.24) is 3.97 Å². The van der Waals surface area contributed by atoms with E-state index in [4.69, 9.17) is 5.14 Å². The molecule has 4 nitrogen and oxygen atoms in total. The van der Waals surface area contributed by atoms with Crippen molar-refractivity contribution < 1.29 is 8.42 Å². The van der Waals surface area contributed by atoms with Crippen molar-refractivity contribution in [3.8, 4) is 11.3 Å². The van der Waals surface area contributed by atoms with E-state index in [0.717, 1.165) is 20.7 Å². The van der Waals surface area contributed by atoms with E-state index in [0.29, 0.717) is 5.69 Å². The van der Waals surface area contributed by atoms with Crippen LogP contribution in [0.2, 0.25) is 0 Å². The summed E-state index contributed by atoms with van der Waals surface area (Å²) in [7, 11) is -3.75. The smallest absolute Gasteiger partial charge is 0.233 e. The van der Waals surface area contributed by atoms with Crippen LogP contribution in [-0.2, 0) is 10.2 Å². The number of nitrogens with two attached hydrogens (primary N) is 1. The van der Waals surface area contributed by atoms with Crippen molar-refractivity contribution in [1.29, 1.82) is 0 Å². The van der Waals surface area contributed by atoms with Gasteiger partial charge in [0, 0.05) is 6.20 Å². The fourth-order valence-electron chi connectivity index (χ4n) is 1.79. The SMILES string of the molecule is Cc1ccc(-c2c(C)ccn2S(N)(=O)=O)cc1. The van der Waals surface area contributed by atoms with Gasteiger partial charge in [0.25, 0.3) is 0 Å². The van der Waals surface area contributed by atoms with Gasteiger partial charge in [0.05, 0.1) is 5.69 Å². The van der Waals surface area contributed by atoms with Crippen LogP contribution in [-0.4, -0.2) is 12.4 Å². The summed E-state index contributed by atoms with van der Waals surface area (Å²) in [6.07, 6.45) is 1.47. The van der Waals surface area contributed by atoms with Crippen molar-refractivity contribution in [2.45, 2.75) is 13.8 Å². The normalized spacial score (nSPS) is 11.7. The number of rotatable bonds is 2. The van der Waals surface area contributed by atoms with E-state index in [1.165, 1.54) is 6.20 Å². The highest BCUT2D eigenvalue weighted by atomic mass is 32.2. The summed E-state index contributed by atoms with van der Waals surface area (Å²) >= 11 is 0. The van der Waals surface area contributed by atoms with Gasteiger partial charge in [-0.1, -0.05) is 29.8 Å². The Hall–Kier alpha value is -1.59. The molecular formula is C12H14N2O2S. The van der Waals surface area contributed by atoms with E-state index >= 15 is 0 Å². The van der Waals surface area contributed by atoms with Crippen LogP contribution in [0.15, 0.2) is 36.5 Å². The molecule has 1 heterocycles. The molecule has 0 aliphatic heterocycles. The van der Waals surface area contributed by atoms with Crippen LogP contribution in [0, 0.1) is 13.8 Å². The Morgan fingerprint density at radius 3 is 2.18 bits per heavy atom. The Morgan fingerprint density at radius 1 is 1.06 bits per heavy atom. The maximum absolute atomic E-state index is 11.4. The lowest BCUT2D eigenvalue weighted by Crippen LogP contribution is -2.21. The molecule has 2 rings (SSSR count). The summed E-state index contributed by atoms with van der Waals surface area (Å²) < 4.78 is 24.0. The first-order chi connectivity index (χ1) is 7.89. The Balaban J connectivity index is 2.67. The molecule has 17 heavy (non-hydrogen) atoms. The second-order valence-electron chi connectivity index (χ2n) is 4.05. The molecule has 0 aliphatic carbocycles. The van der Waals surface area contributed by atoms with Crippen molar-refractivity contribution in [3.05, 3.63) is 47.7 Å². The van der Waals surface area contributed by atoms with Gasteiger partial charge < -0.3 is 0 Å². The van der Waals surface area contributed by atoms with Crippen molar-refractivity contribution in [3.63, 3.8) is 0 Å². The third-order valence-electron chi connectivity index (χ3n) is 2.65. The van der Waals surface area contributed by atoms with Gasteiger partial charge in [-0.3, -0.25) is 0 Å². The van der Waals surface area contributed by atoms with Crippen molar-refractivity contribution in [2.24, 2.45) is 5.14 Å². The maximum Gasteiger partial charge on any atom is 0.302 e. The molecule has 0 unspecified atom stereocenters. The van der Waals surface area contributed by atoms with Crippen LogP contribution in [0.5, 0.6) is 0 Å². The van der Waals surface area contributed by atoms with Crippen LogP contribution < -0.4 is 5.14 Å². The van der Waals surface area contributed by atoms with Gasteiger partial charge in [-0.15, -0.1) is 0 Å². The molecule has 2 N–H and O–H groups in total. The molecule has 0 spiro atoms. The van der Waals surface area contributed by atoms with Crippen LogP contribution >= 0.6 is 0 Å². The van der Waals surface area contributed by atoms with Crippen molar-refractivity contribution in [2.75, 3.05) is 0 Å². The zero-order valence-electron chi connectivity index (χ0n) is 9.71. The highest BCUT2D eigenvalue weighted by molar-refractivity contribution is 7.87. The molecule has 0 bridgehead atoms. The predicted octanol–water partition coefficient (Wildman–Crippen LogP) is 1.82. The Labute approximate surface area is 101 Å². The zero-order chi connectivity index (χ0) is 12.6. The van der Waals surface area contributed by atoms with E-state index in [9.17, 15) is 8.42 Å². The number of hydrogen-bond acceptors (Lipinski definition) is 2. The highest BCUT2D eigenvalue weighted by Crippen LogP contribution is 2.25. The van der Waals surface area contributed by atoms with E-state index in [1.54, 1.807) is 6.07 Å². The highest BCUT2D eigenvalue weighted by Gasteiger charge is 2.15. The summed E-state index contributed by atoms with van der Waals surface area (Å²) in [6.45, 7) is 3.84. The number of benzene rings is 1. The lowest BCUT2D eigenvalue weighted by atomic mass is 10.1. The fourth-order valence-corrected chi connectivity index (χ4v) is 2.52. The largest absolute Gasteiger partial charge is 0.302 e.